The summed E-state index contributed by atoms with van der Waals surface area (Å²) in [6, 6.07) is 9.35. The number of amides is 2. The second-order valence-electron chi connectivity index (χ2n) is 11.0. The Bertz CT molecular complexity index is 1490. The molecule has 0 spiro atoms. The molecule has 1 saturated carbocycles. The van der Waals surface area contributed by atoms with Crippen LogP contribution < -0.4 is 5.48 Å². The first-order valence-corrected chi connectivity index (χ1v) is 14.7. The number of hydrogen-bond acceptors (Lipinski definition) is 8. The number of nitrogens with zero attached hydrogens (tertiary/aromatic N) is 3. The third-order valence-corrected chi connectivity index (χ3v) is 9.67. The van der Waals surface area contributed by atoms with E-state index < -0.39 is 20.5 Å². The molecule has 11 nitrogen and oxygen atoms in total. The van der Waals surface area contributed by atoms with E-state index in [0.29, 0.717) is 17.9 Å². The average Bonchev–Trinajstić information content (AvgIpc) is 3.50. The van der Waals surface area contributed by atoms with Crippen LogP contribution in [0.1, 0.15) is 48.6 Å². The van der Waals surface area contributed by atoms with E-state index in [9.17, 15) is 22.8 Å². The molecule has 1 atom stereocenters. The van der Waals surface area contributed by atoms with Gasteiger partial charge in [0.1, 0.15) is 6.61 Å². The zero-order chi connectivity index (χ0) is 29.3. The summed E-state index contributed by atoms with van der Waals surface area (Å²) < 4.78 is 29.4. The van der Waals surface area contributed by atoms with E-state index in [1.54, 1.807) is 17.2 Å². The second-order valence-corrected chi connectivity index (χ2v) is 13.4. The van der Waals surface area contributed by atoms with Gasteiger partial charge >= 0.3 is 12.0 Å². The van der Waals surface area contributed by atoms with Gasteiger partial charge in [-0.15, -0.1) is 12.4 Å². The number of hydroxylamine groups is 1. The van der Waals surface area contributed by atoms with Gasteiger partial charge in [0.2, 0.25) is 0 Å². The molecule has 41 heavy (non-hydrogen) atoms. The highest BCUT2D eigenvalue weighted by Gasteiger charge is 2.46. The van der Waals surface area contributed by atoms with Crippen LogP contribution in [0.3, 0.4) is 0 Å². The molecule has 0 radical (unpaired) electrons. The van der Waals surface area contributed by atoms with E-state index in [-0.39, 0.29) is 55.9 Å². The average molecular weight is 607 g/mol. The van der Waals surface area contributed by atoms with E-state index in [2.05, 4.69) is 11.8 Å². The van der Waals surface area contributed by atoms with Gasteiger partial charge in [-0.1, -0.05) is 24.0 Å². The van der Waals surface area contributed by atoms with Crippen molar-refractivity contribution < 1.29 is 32.7 Å². The molecule has 1 aromatic carbocycles. The minimum absolute atomic E-state index is 0. The molecule has 1 fully saturated rings. The van der Waals surface area contributed by atoms with Crippen LogP contribution in [0.25, 0.3) is 0 Å². The van der Waals surface area contributed by atoms with Gasteiger partial charge in [0.15, 0.2) is 14.6 Å². The van der Waals surface area contributed by atoms with Crippen LogP contribution in [-0.4, -0.2) is 90.7 Å². The summed E-state index contributed by atoms with van der Waals surface area (Å²) in [6.07, 6.45) is 4.32. The van der Waals surface area contributed by atoms with E-state index in [4.69, 9.17) is 9.94 Å². The number of rotatable bonds is 10. The van der Waals surface area contributed by atoms with Crippen LogP contribution in [0.2, 0.25) is 0 Å². The Balaban J connectivity index is 0.00000462. The second kappa shape index (κ2) is 12.2. The lowest BCUT2D eigenvalue weighted by Gasteiger charge is -2.27. The SMILES string of the molecule is CN(C)CC(=O)OCC1(c2ccc(C#Cc3cc4n(c3)C(=O)N(CC[C@](C)(C(=O)NO)S(C)(=O)=O)C4)cc2)CC1.Cl. The Labute approximate surface area is 246 Å². The minimum Gasteiger partial charge on any atom is -0.464 e. The molecule has 1 aliphatic carbocycles. The highest BCUT2D eigenvalue weighted by Crippen LogP contribution is 2.48. The number of benzene rings is 1. The summed E-state index contributed by atoms with van der Waals surface area (Å²) in [5, 5.41) is 8.99. The molecule has 4 rings (SSSR count). The zero-order valence-corrected chi connectivity index (χ0v) is 25.1. The molecule has 13 heteroatoms. The summed E-state index contributed by atoms with van der Waals surface area (Å²) in [5.41, 5.74) is 4.59. The number of sulfone groups is 1. The van der Waals surface area contributed by atoms with Crippen LogP contribution in [0, 0.1) is 11.8 Å². The quantitative estimate of drug-likeness (QED) is 0.181. The molecule has 2 heterocycles. The summed E-state index contributed by atoms with van der Waals surface area (Å²) in [6.45, 7) is 2.11. The largest absolute Gasteiger partial charge is 0.464 e. The molecule has 2 amide bonds. The van der Waals surface area contributed by atoms with Crippen LogP contribution in [0.4, 0.5) is 4.79 Å². The molecule has 1 aromatic heterocycles. The number of fused-ring (bicyclic) bond motifs is 1. The maximum Gasteiger partial charge on any atom is 0.328 e. The molecule has 0 bridgehead atoms. The summed E-state index contributed by atoms with van der Waals surface area (Å²) in [7, 11) is -0.206. The predicted molar refractivity (Wildman–Crippen MR) is 154 cm³/mol. The Morgan fingerprint density at radius 1 is 1.17 bits per heavy atom. The smallest absolute Gasteiger partial charge is 0.328 e. The fraction of sp³-hybridized carbons (Fsp3) is 0.464. The molecular weight excluding hydrogens is 572 g/mol. The number of hydrogen-bond donors (Lipinski definition) is 2. The first kappa shape index (κ1) is 32.1. The normalized spacial score (nSPS) is 16.6. The highest BCUT2D eigenvalue weighted by molar-refractivity contribution is 7.92. The number of likely N-dealkylation sites (N-methyl/N-ethyl adjacent to an activating group) is 1. The molecule has 2 aromatic rings. The van der Waals surface area contributed by atoms with Gasteiger partial charge < -0.3 is 9.64 Å². The molecule has 0 saturated heterocycles. The third kappa shape index (κ3) is 6.93. The molecule has 0 unspecified atom stereocenters. The summed E-state index contributed by atoms with van der Waals surface area (Å²) in [4.78, 5) is 40.1. The van der Waals surface area contributed by atoms with E-state index in [0.717, 1.165) is 30.2 Å². The molecule has 2 N–H and O–H groups in total. The minimum atomic E-state index is -3.85. The van der Waals surface area contributed by atoms with Gasteiger partial charge in [-0.2, -0.15) is 0 Å². The van der Waals surface area contributed by atoms with Crippen LogP contribution in [0.5, 0.6) is 0 Å². The van der Waals surface area contributed by atoms with Gasteiger partial charge in [-0.3, -0.25) is 24.3 Å². The monoisotopic (exact) mass is 606 g/mol. The van der Waals surface area contributed by atoms with Crippen LogP contribution in [-0.2, 0) is 36.1 Å². The van der Waals surface area contributed by atoms with Gasteiger partial charge in [0.25, 0.3) is 5.91 Å². The van der Waals surface area contributed by atoms with Crippen molar-refractivity contribution in [2.45, 2.75) is 42.9 Å². The van der Waals surface area contributed by atoms with Gasteiger partial charge in [-0.05, 0) is 64.0 Å². The first-order valence-electron chi connectivity index (χ1n) is 12.9. The van der Waals surface area contributed by atoms with Crippen molar-refractivity contribution in [2.24, 2.45) is 0 Å². The molecular formula is C28H35ClN4O7S. The number of aromatic nitrogens is 1. The lowest BCUT2D eigenvalue weighted by atomic mass is 9.96. The zero-order valence-electron chi connectivity index (χ0n) is 23.5. The van der Waals surface area contributed by atoms with Crippen molar-refractivity contribution in [3.05, 3.63) is 58.9 Å². The maximum absolute atomic E-state index is 12.9. The summed E-state index contributed by atoms with van der Waals surface area (Å²) in [5.74, 6) is 4.92. The predicted octanol–water partition coefficient (Wildman–Crippen LogP) is 1.93. The number of carbonyl (C=O) groups is 3. The van der Waals surface area contributed by atoms with E-state index in [1.807, 2.05) is 38.4 Å². The number of esters is 1. The van der Waals surface area contributed by atoms with E-state index in [1.165, 1.54) is 21.9 Å². The Morgan fingerprint density at radius 2 is 1.80 bits per heavy atom. The Hall–Kier alpha value is -3.37. The first-order chi connectivity index (χ1) is 18.8. The molecule has 1 aliphatic heterocycles. The molecule has 2 aliphatic rings. The van der Waals surface area contributed by atoms with Crippen molar-refractivity contribution in [3.8, 4) is 11.8 Å². The third-order valence-electron chi connectivity index (χ3n) is 7.64. The van der Waals surface area contributed by atoms with Crippen LogP contribution in [0.15, 0.2) is 36.5 Å². The number of ether oxygens (including phenoxy) is 1. The van der Waals surface area contributed by atoms with Gasteiger partial charge in [0.05, 0.1) is 13.1 Å². The van der Waals surface area contributed by atoms with Crippen molar-refractivity contribution in [1.29, 1.82) is 0 Å². The van der Waals surface area contributed by atoms with Crippen molar-refractivity contribution in [3.63, 3.8) is 0 Å². The Kier molecular flexibility index (Phi) is 9.60. The van der Waals surface area contributed by atoms with Gasteiger partial charge in [-0.25, -0.2) is 18.7 Å². The van der Waals surface area contributed by atoms with Crippen molar-refractivity contribution in [1.82, 2.24) is 19.8 Å². The highest BCUT2D eigenvalue weighted by atomic mass is 35.5. The number of carbonyl (C=O) groups excluding carboxylic acids is 3. The Morgan fingerprint density at radius 3 is 2.34 bits per heavy atom. The molecule has 222 valence electrons. The number of nitrogens with one attached hydrogen (secondary N) is 1. The van der Waals surface area contributed by atoms with Crippen molar-refractivity contribution in [2.75, 3.05) is 40.0 Å². The topological polar surface area (TPSA) is 138 Å². The van der Waals surface area contributed by atoms with E-state index >= 15 is 0 Å². The lowest BCUT2D eigenvalue weighted by Crippen LogP contribution is -2.50. The lowest BCUT2D eigenvalue weighted by molar-refractivity contribution is -0.145. The van der Waals surface area contributed by atoms with Crippen molar-refractivity contribution >= 4 is 40.2 Å². The fourth-order valence-corrected chi connectivity index (χ4v) is 5.49. The summed E-state index contributed by atoms with van der Waals surface area (Å²) >= 11 is 0. The standard InChI is InChI=1S/C28H34N4O7S.ClH/c1-27(25(34)29-36,40(4,37)38)13-14-31-17-23-15-21(16-32(23)26(31)35)6-5-20-7-9-22(10-8-20)28(11-12-28)19-39-24(33)18-30(2)3;/h7-10,15-16,36H,11-14,17-19H2,1-4H3,(H,29,34);1H/t27-;/m1./s1. The van der Waals surface area contributed by atoms with Gasteiger partial charge in [0, 0.05) is 41.2 Å². The van der Waals surface area contributed by atoms with Crippen LogP contribution >= 0.6 is 12.4 Å². The fourth-order valence-electron chi connectivity index (χ4n) is 4.64. The maximum atomic E-state index is 12.9. The number of halogens is 1.